The fourth-order valence-electron chi connectivity index (χ4n) is 2.40. The zero-order chi connectivity index (χ0) is 17.6. The molecule has 1 N–H and O–H groups in total. The fourth-order valence-corrected chi connectivity index (χ4v) is 3.12. The summed E-state index contributed by atoms with van der Waals surface area (Å²) < 4.78 is 1.81. The summed E-state index contributed by atoms with van der Waals surface area (Å²) in [7, 11) is 1.62. The Morgan fingerprint density at radius 2 is 2.12 bits per heavy atom. The quantitative estimate of drug-likeness (QED) is 0.740. The van der Waals surface area contributed by atoms with E-state index in [-0.39, 0.29) is 18.4 Å². The van der Waals surface area contributed by atoms with Crippen LogP contribution in [0.3, 0.4) is 0 Å². The zero-order valence-corrected chi connectivity index (χ0v) is 14.6. The number of aromatic nitrogens is 2. The molecule has 2 aromatic heterocycles. The van der Waals surface area contributed by atoms with Crippen molar-refractivity contribution < 1.29 is 9.59 Å². The SMILES string of the molecule is CN(CC(=O)Nc1cccc(Cn2cccn2)c1)C(=O)c1cccs1. The molecule has 7 heteroatoms. The van der Waals surface area contributed by atoms with Crippen molar-refractivity contribution in [2.45, 2.75) is 6.54 Å². The Balaban J connectivity index is 1.58. The number of anilines is 1. The second-order valence-electron chi connectivity index (χ2n) is 5.59. The van der Waals surface area contributed by atoms with Crippen molar-refractivity contribution in [1.82, 2.24) is 14.7 Å². The maximum atomic E-state index is 12.2. The van der Waals surface area contributed by atoms with Crippen LogP contribution in [0, 0.1) is 0 Å². The van der Waals surface area contributed by atoms with Crippen LogP contribution in [-0.2, 0) is 11.3 Å². The predicted molar refractivity (Wildman–Crippen MR) is 97.7 cm³/mol. The molecule has 0 radical (unpaired) electrons. The second-order valence-corrected chi connectivity index (χ2v) is 6.54. The number of carbonyl (C=O) groups is 2. The van der Waals surface area contributed by atoms with E-state index in [9.17, 15) is 9.59 Å². The lowest BCUT2D eigenvalue weighted by Crippen LogP contribution is -2.34. The highest BCUT2D eigenvalue weighted by molar-refractivity contribution is 7.12. The van der Waals surface area contributed by atoms with Gasteiger partial charge in [0, 0.05) is 25.1 Å². The molecule has 0 atom stereocenters. The summed E-state index contributed by atoms with van der Waals surface area (Å²) in [5, 5.41) is 8.84. The molecule has 1 aromatic carbocycles. The van der Waals surface area contributed by atoms with Crippen molar-refractivity contribution in [2.75, 3.05) is 18.9 Å². The molecule has 0 bridgehead atoms. The van der Waals surface area contributed by atoms with Crippen LogP contribution in [0.5, 0.6) is 0 Å². The van der Waals surface area contributed by atoms with Gasteiger partial charge in [-0.3, -0.25) is 14.3 Å². The van der Waals surface area contributed by atoms with E-state index >= 15 is 0 Å². The zero-order valence-electron chi connectivity index (χ0n) is 13.8. The third-order valence-electron chi connectivity index (χ3n) is 3.57. The first kappa shape index (κ1) is 16.9. The van der Waals surface area contributed by atoms with E-state index in [0.717, 1.165) is 5.56 Å². The molecule has 0 spiro atoms. The van der Waals surface area contributed by atoms with E-state index in [0.29, 0.717) is 17.1 Å². The Kier molecular flexibility index (Phi) is 5.25. The average Bonchev–Trinajstić information content (AvgIpc) is 3.28. The lowest BCUT2D eigenvalue weighted by Gasteiger charge is -2.16. The van der Waals surface area contributed by atoms with Gasteiger partial charge in [0.15, 0.2) is 0 Å². The molecule has 0 aliphatic rings. The van der Waals surface area contributed by atoms with Crippen molar-refractivity contribution >= 4 is 28.8 Å². The predicted octanol–water partition coefficient (Wildman–Crippen LogP) is 2.70. The Morgan fingerprint density at radius 3 is 2.84 bits per heavy atom. The molecule has 128 valence electrons. The van der Waals surface area contributed by atoms with Crippen LogP contribution in [0.25, 0.3) is 0 Å². The smallest absolute Gasteiger partial charge is 0.264 e. The number of hydrogen-bond acceptors (Lipinski definition) is 4. The van der Waals surface area contributed by atoms with Gasteiger partial charge >= 0.3 is 0 Å². The molecule has 3 rings (SSSR count). The molecule has 0 saturated carbocycles. The van der Waals surface area contributed by atoms with Gasteiger partial charge in [0.2, 0.25) is 5.91 Å². The van der Waals surface area contributed by atoms with Gasteiger partial charge in [-0.15, -0.1) is 11.3 Å². The first-order valence-corrected chi connectivity index (χ1v) is 8.65. The number of nitrogens with one attached hydrogen (secondary N) is 1. The number of hydrogen-bond donors (Lipinski definition) is 1. The van der Waals surface area contributed by atoms with Crippen molar-refractivity contribution in [2.24, 2.45) is 0 Å². The Hall–Kier alpha value is -2.93. The molecule has 25 heavy (non-hydrogen) atoms. The van der Waals surface area contributed by atoms with Crippen molar-refractivity contribution in [3.05, 3.63) is 70.7 Å². The van der Waals surface area contributed by atoms with Crippen LogP contribution in [0.4, 0.5) is 5.69 Å². The number of nitrogens with zero attached hydrogens (tertiary/aromatic N) is 3. The molecule has 2 heterocycles. The highest BCUT2D eigenvalue weighted by atomic mass is 32.1. The minimum absolute atomic E-state index is 0.000116. The normalized spacial score (nSPS) is 10.4. The first-order chi connectivity index (χ1) is 12.1. The molecular formula is C18H18N4O2S. The first-order valence-electron chi connectivity index (χ1n) is 7.77. The van der Waals surface area contributed by atoms with Crippen LogP contribution in [0.1, 0.15) is 15.2 Å². The van der Waals surface area contributed by atoms with Crippen LogP contribution in [0.15, 0.2) is 60.2 Å². The van der Waals surface area contributed by atoms with Gasteiger partial charge in [-0.25, -0.2) is 0 Å². The van der Waals surface area contributed by atoms with Crippen molar-refractivity contribution in [3.8, 4) is 0 Å². The molecule has 0 aliphatic heterocycles. The number of amides is 2. The highest BCUT2D eigenvalue weighted by Crippen LogP contribution is 2.13. The summed E-state index contributed by atoms with van der Waals surface area (Å²) in [6, 6.07) is 13.0. The number of benzene rings is 1. The summed E-state index contributed by atoms with van der Waals surface area (Å²) in [6.07, 6.45) is 3.61. The third kappa shape index (κ3) is 4.54. The summed E-state index contributed by atoms with van der Waals surface area (Å²) >= 11 is 1.36. The van der Waals surface area contributed by atoms with E-state index in [1.807, 2.05) is 52.7 Å². The maximum absolute atomic E-state index is 12.2. The van der Waals surface area contributed by atoms with Crippen LogP contribution >= 0.6 is 11.3 Å². The lowest BCUT2D eigenvalue weighted by molar-refractivity contribution is -0.116. The van der Waals surface area contributed by atoms with Gasteiger partial charge in [0.25, 0.3) is 5.91 Å². The van der Waals surface area contributed by atoms with Crippen molar-refractivity contribution in [1.29, 1.82) is 0 Å². The second kappa shape index (κ2) is 7.76. The summed E-state index contributed by atoms with van der Waals surface area (Å²) in [5.74, 6) is -0.388. The summed E-state index contributed by atoms with van der Waals surface area (Å²) in [4.78, 5) is 26.4. The van der Waals surface area contributed by atoms with E-state index in [4.69, 9.17) is 0 Å². The summed E-state index contributed by atoms with van der Waals surface area (Å²) in [5.41, 5.74) is 1.73. The number of rotatable bonds is 6. The Bertz CT molecular complexity index is 844. The van der Waals surface area contributed by atoms with Gasteiger partial charge < -0.3 is 10.2 Å². The Morgan fingerprint density at radius 1 is 1.24 bits per heavy atom. The largest absolute Gasteiger partial charge is 0.332 e. The molecule has 3 aromatic rings. The average molecular weight is 354 g/mol. The molecule has 0 unspecified atom stereocenters. The topological polar surface area (TPSA) is 67.2 Å². The number of carbonyl (C=O) groups excluding carboxylic acids is 2. The van der Waals surface area contributed by atoms with E-state index in [2.05, 4.69) is 10.4 Å². The standard InChI is InChI=1S/C18H18N4O2S/c1-21(18(24)16-7-3-10-25-16)13-17(23)20-15-6-2-5-14(11-15)12-22-9-4-8-19-22/h2-11H,12-13H2,1H3,(H,20,23). The molecule has 6 nitrogen and oxygen atoms in total. The van der Waals surface area contributed by atoms with Crippen LogP contribution in [-0.4, -0.2) is 40.1 Å². The van der Waals surface area contributed by atoms with Gasteiger partial charge in [0.1, 0.15) is 0 Å². The molecule has 0 aliphatic carbocycles. The number of likely N-dealkylation sites (N-methyl/N-ethyl adjacent to an activating group) is 1. The maximum Gasteiger partial charge on any atom is 0.264 e. The molecule has 0 fully saturated rings. The van der Waals surface area contributed by atoms with Gasteiger partial charge in [-0.2, -0.15) is 5.10 Å². The van der Waals surface area contributed by atoms with E-state index in [1.165, 1.54) is 16.2 Å². The molecule has 0 saturated heterocycles. The van der Waals surface area contributed by atoms with Gasteiger partial charge in [-0.1, -0.05) is 18.2 Å². The van der Waals surface area contributed by atoms with Gasteiger partial charge in [-0.05, 0) is 35.2 Å². The van der Waals surface area contributed by atoms with Crippen LogP contribution in [0.2, 0.25) is 0 Å². The minimum Gasteiger partial charge on any atom is -0.332 e. The summed E-state index contributed by atoms with van der Waals surface area (Å²) in [6.45, 7) is 0.633. The van der Waals surface area contributed by atoms with E-state index in [1.54, 1.807) is 19.3 Å². The monoisotopic (exact) mass is 354 g/mol. The van der Waals surface area contributed by atoms with E-state index < -0.39 is 0 Å². The highest BCUT2D eigenvalue weighted by Gasteiger charge is 2.15. The molecular weight excluding hydrogens is 336 g/mol. The lowest BCUT2D eigenvalue weighted by atomic mass is 10.2. The number of thiophene rings is 1. The Labute approximate surface area is 149 Å². The third-order valence-corrected chi connectivity index (χ3v) is 4.43. The fraction of sp³-hybridized carbons (Fsp3) is 0.167. The van der Waals surface area contributed by atoms with Gasteiger partial charge in [0.05, 0.1) is 18.0 Å². The van der Waals surface area contributed by atoms with Crippen LogP contribution < -0.4 is 5.32 Å². The molecule has 2 amide bonds. The van der Waals surface area contributed by atoms with Crippen molar-refractivity contribution in [3.63, 3.8) is 0 Å². The minimum atomic E-state index is -0.233.